The van der Waals surface area contributed by atoms with Crippen molar-refractivity contribution in [2.75, 3.05) is 13.6 Å². The van der Waals surface area contributed by atoms with Gasteiger partial charge in [0.2, 0.25) is 5.91 Å². The number of hydrogen-bond acceptors (Lipinski definition) is 2. The molecule has 2 unspecified atom stereocenters. The fourth-order valence-electron chi connectivity index (χ4n) is 2.57. The molecule has 0 radical (unpaired) electrons. The van der Waals surface area contributed by atoms with Gasteiger partial charge in [-0.2, -0.15) is 0 Å². The third kappa shape index (κ3) is 3.29. The van der Waals surface area contributed by atoms with Gasteiger partial charge in [0, 0.05) is 7.05 Å². The number of nitrogens with one attached hydrogen (secondary N) is 2. The van der Waals surface area contributed by atoms with Crippen LogP contribution in [0.15, 0.2) is 18.2 Å². The van der Waals surface area contributed by atoms with Crippen LogP contribution < -0.4 is 10.6 Å². The Hall–Kier alpha value is -1.49. The van der Waals surface area contributed by atoms with E-state index >= 15 is 0 Å². The summed E-state index contributed by atoms with van der Waals surface area (Å²) in [5.74, 6) is -1.43. The number of likely N-dealkylation sites (N-methyl/N-ethyl adjacent to an activating group) is 1. The molecule has 1 fully saturated rings. The van der Waals surface area contributed by atoms with Crippen molar-refractivity contribution in [2.24, 2.45) is 5.92 Å². The Labute approximate surface area is 111 Å². The molecule has 1 amide bonds. The molecule has 1 aromatic carbocycles. The van der Waals surface area contributed by atoms with E-state index in [-0.39, 0.29) is 17.9 Å². The lowest BCUT2D eigenvalue weighted by molar-refractivity contribution is -0.123. The van der Waals surface area contributed by atoms with E-state index in [1.54, 1.807) is 13.1 Å². The first-order valence-corrected chi connectivity index (χ1v) is 6.49. The van der Waals surface area contributed by atoms with Gasteiger partial charge in [-0.25, -0.2) is 8.78 Å². The van der Waals surface area contributed by atoms with Crippen molar-refractivity contribution >= 4 is 5.91 Å². The predicted molar refractivity (Wildman–Crippen MR) is 68.6 cm³/mol. The molecular formula is C14H18F2N2O. The van der Waals surface area contributed by atoms with Crippen LogP contribution in [0.3, 0.4) is 0 Å². The van der Waals surface area contributed by atoms with Crippen molar-refractivity contribution in [1.29, 1.82) is 0 Å². The average molecular weight is 268 g/mol. The van der Waals surface area contributed by atoms with Gasteiger partial charge < -0.3 is 10.6 Å². The normalized spacial score (nSPS) is 23.1. The number of carbonyl (C=O) groups excluding carboxylic acids is 1. The van der Waals surface area contributed by atoms with Crippen LogP contribution in [0, 0.1) is 17.6 Å². The van der Waals surface area contributed by atoms with E-state index in [0.29, 0.717) is 18.4 Å². The summed E-state index contributed by atoms with van der Waals surface area (Å²) in [4.78, 5) is 11.6. The number of halogens is 2. The van der Waals surface area contributed by atoms with E-state index < -0.39 is 11.6 Å². The van der Waals surface area contributed by atoms with Crippen molar-refractivity contribution in [3.8, 4) is 0 Å². The number of rotatable bonds is 3. The molecule has 0 aromatic heterocycles. The summed E-state index contributed by atoms with van der Waals surface area (Å²) in [5.41, 5.74) is 0.391. The van der Waals surface area contributed by atoms with Crippen LogP contribution in [-0.2, 0) is 11.2 Å². The zero-order valence-corrected chi connectivity index (χ0v) is 10.9. The molecule has 0 bridgehead atoms. The molecule has 5 heteroatoms. The number of piperidine rings is 1. The maximum absolute atomic E-state index is 13.6. The van der Waals surface area contributed by atoms with Gasteiger partial charge >= 0.3 is 0 Å². The summed E-state index contributed by atoms with van der Waals surface area (Å²) in [6.45, 7) is 0.722. The quantitative estimate of drug-likeness (QED) is 0.874. The zero-order chi connectivity index (χ0) is 13.8. The second kappa shape index (κ2) is 6.10. The van der Waals surface area contributed by atoms with Gasteiger partial charge in [-0.1, -0.05) is 12.1 Å². The second-order valence-corrected chi connectivity index (χ2v) is 4.93. The third-order valence-electron chi connectivity index (χ3n) is 3.62. The highest BCUT2D eigenvalue weighted by Crippen LogP contribution is 2.23. The van der Waals surface area contributed by atoms with Crippen LogP contribution in [0.1, 0.15) is 18.4 Å². The Morgan fingerprint density at radius 3 is 3.00 bits per heavy atom. The van der Waals surface area contributed by atoms with E-state index in [4.69, 9.17) is 0 Å². The first kappa shape index (κ1) is 13.9. The lowest BCUT2D eigenvalue weighted by atomic mass is 9.86. The lowest BCUT2D eigenvalue weighted by Gasteiger charge is -2.29. The van der Waals surface area contributed by atoms with Gasteiger partial charge in [0.1, 0.15) is 0 Å². The monoisotopic (exact) mass is 268 g/mol. The predicted octanol–water partition coefficient (Wildman–Crippen LogP) is 1.62. The molecule has 2 rings (SSSR count). The Morgan fingerprint density at radius 2 is 2.26 bits per heavy atom. The van der Waals surface area contributed by atoms with E-state index in [1.165, 1.54) is 6.07 Å². The summed E-state index contributed by atoms with van der Waals surface area (Å²) in [7, 11) is 1.60. The molecule has 104 valence electrons. The maximum atomic E-state index is 13.6. The Bertz CT molecular complexity index is 465. The molecule has 1 heterocycles. The first-order valence-electron chi connectivity index (χ1n) is 6.49. The molecule has 1 aliphatic rings. The van der Waals surface area contributed by atoms with Crippen molar-refractivity contribution in [3.63, 3.8) is 0 Å². The highest BCUT2D eigenvalue weighted by atomic mass is 19.2. The van der Waals surface area contributed by atoms with Crippen molar-refractivity contribution in [2.45, 2.75) is 25.3 Å². The summed E-state index contributed by atoms with van der Waals surface area (Å²) < 4.78 is 26.8. The lowest BCUT2D eigenvalue weighted by Crippen LogP contribution is -2.48. The minimum atomic E-state index is -0.811. The van der Waals surface area contributed by atoms with Crippen molar-refractivity contribution in [3.05, 3.63) is 35.4 Å². The molecule has 2 N–H and O–H groups in total. The van der Waals surface area contributed by atoms with Gasteiger partial charge in [-0.3, -0.25) is 4.79 Å². The minimum Gasteiger partial charge on any atom is -0.358 e. The first-order chi connectivity index (χ1) is 9.11. The topological polar surface area (TPSA) is 41.1 Å². The summed E-state index contributed by atoms with van der Waals surface area (Å²) >= 11 is 0. The number of carbonyl (C=O) groups is 1. The van der Waals surface area contributed by atoms with E-state index in [9.17, 15) is 13.6 Å². The van der Waals surface area contributed by atoms with Crippen molar-refractivity contribution in [1.82, 2.24) is 10.6 Å². The molecule has 0 spiro atoms. The molecule has 1 aliphatic heterocycles. The van der Waals surface area contributed by atoms with E-state index in [1.807, 2.05) is 0 Å². The van der Waals surface area contributed by atoms with Crippen LogP contribution in [0.2, 0.25) is 0 Å². The molecule has 1 aromatic rings. The zero-order valence-electron chi connectivity index (χ0n) is 10.9. The molecule has 0 aliphatic carbocycles. The third-order valence-corrected chi connectivity index (χ3v) is 3.62. The molecular weight excluding hydrogens is 250 g/mol. The number of benzene rings is 1. The van der Waals surface area contributed by atoms with Gasteiger partial charge in [0.05, 0.1) is 6.04 Å². The standard InChI is InChI=1S/C14H18F2N2O/c1-17-14(19)12-8-9(5-6-18-12)7-10-3-2-4-11(15)13(10)16/h2-4,9,12,18H,5-8H2,1H3,(H,17,19). The smallest absolute Gasteiger partial charge is 0.236 e. The average Bonchev–Trinajstić information content (AvgIpc) is 2.43. The molecule has 3 nitrogen and oxygen atoms in total. The Morgan fingerprint density at radius 1 is 1.47 bits per heavy atom. The van der Waals surface area contributed by atoms with Crippen molar-refractivity contribution < 1.29 is 13.6 Å². The second-order valence-electron chi connectivity index (χ2n) is 4.93. The van der Waals surface area contributed by atoms with Crippen LogP contribution in [0.4, 0.5) is 8.78 Å². The Balaban J connectivity index is 2.03. The van der Waals surface area contributed by atoms with Gasteiger partial charge in [-0.15, -0.1) is 0 Å². The molecule has 19 heavy (non-hydrogen) atoms. The number of amides is 1. The van der Waals surface area contributed by atoms with Gasteiger partial charge in [0.15, 0.2) is 11.6 Å². The molecule has 0 saturated carbocycles. The van der Waals surface area contributed by atoms with E-state index in [2.05, 4.69) is 10.6 Å². The van der Waals surface area contributed by atoms with Crippen LogP contribution in [-0.4, -0.2) is 25.5 Å². The fraction of sp³-hybridized carbons (Fsp3) is 0.500. The largest absolute Gasteiger partial charge is 0.358 e. The minimum absolute atomic E-state index is 0.0515. The fourth-order valence-corrected chi connectivity index (χ4v) is 2.57. The van der Waals surface area contributed by atoms with Gasteiger partial charge in [-0.05, 0) is 43.4 Å². The van der Waals surface area contributed by atoms with Crippen LogP contribution in [0.5, 0.6) is 0 Å². The number of hydrogen-bond donors (Lipinski definition) is 2. The highest BCUT2D eigenvalue weighted by molar-refractivity contribution is 5.81. The molecule has 1 saturated heterocycles. The summed E-state index contributed by atoms with van der Waals surface area (Å²) in [6, 6.07) is 4.01. The highest BCUT2D eigenvalue weighted by Gasteiger charge is 2.27. The van der Waals surface area contributed by atoms with E-state index in [0.717, 1.165) is 19.0 Å². The van der Waals surface area contributed by atoms with Crippen LogP contribution >= 0.6 is 0 Å². The summed E-state index contributed by atoms with van der Waals surface area (Å²) in [5, 5.41) is 5.74. The maximum Gasteiger partial charge on any atom is 0.236 e. The van der Waals surface area contributed by atoms with Crippen LogP contribution in [0.25, 0.3) is 0 Å². The van der Waals surface area contributed by atoms with Gasteiger partial charge in [0.25, 0.3) is 0 Å². The Kier molecular flexibility index (Phi) is 4.47. The SMILES string of the molecule is CNC(=O)C1CC(Cc2cccc(F)c2F)CCN1. The summed E-state index contributed by atoms with van der Waals surface area (Å²) in [6.07, 6.45) is 1.98. The molecule has 2 atom stereocenters.